The number of imide groups is 1. The predicted octanol–water partition coefficient (Wildman–Crippen LogP) is 2.88. The molecule has 1 saturated heterocycles. The zero-order valence-corrected chi connectivity index (χ0v) is 14.4. The van der Waals surface area contributed by atoms with Gasteiger partial charge in [0.05, 0.1) is 0 Å². The van der Waals surface area contributed by atoms with Crippen LogP contribution in [0.1, 0.15) is 23.6 Å². The van der Waals surface area contributed by atoms with Gasteiger partial charge in [-0.25, -0.2) is 9.78 Å². The van der Waals surface area contributed by atoms with Crippen molar-refractivity contribution < 1.29 is 14.3 Å². The van der Waals surface area contributed by atoms with Gasteiger partial charge in [0, 0.05) is 17.0 Å². The molecule has 1 spiro atoms. The molecule has 2 unspecified atom stereocenters. The second kappa shape index (κ2) is 5.81. The lowest BCUT2D eigenvalue weighted by molar-refractivity contribution is -0.121. The Balaban J connectivity index is 1.45. The standard InChI is InChI=1S/C21H17N3O3/c25-19-21(24-20(26)23-19)11-15(21)16-10-9-14-7-4-8-17(18(14)22-16)27-12-13-5-2-1-3-6-13/h1-10,15H,11-12H2,(H2,23,24,25,26). The average molecular weight is 359 g/mol. The van der Waals surface area contributed by atoms with Crippen LogP contribution in [0, 0.1) is 0 Å². The van der Waals surface area contributed by atoms with Crippen molar-refractivity contribution >= 4 is 22.8 Å². The Bertz CT molecular complexity index is 1070. The first kappa shape index (κ1) is 15.8. The van der Waals surface area contributed by atoms with Gasteiger partial charge in [0.15, 0.2) is 0 Å². The molecule has 0 radical (unpaired) electrons. The zero-order chi connectivity index (χ0) is 18.4. The van der Waals surface area contributed by atoms with Crippen LogP contribution in [0.3, 0.4) is 0 Å². The molecule has 5 rings (SSSR count). The van der Waals surface area contributed by atoms with E-state index in [9.17, 15) is 9.59 Å². The zero-order valence-electron chi connectivity index (χ0n) is 14.4. The SMILES string of the molecule is O=C1NC(=O)C2(CC2c2ccc3cccc(OCc4ccccc4)c3n2)N1. The summed E-state index contributed by atoms with van der Waals surface area (Å²) in [5.41, 5.74) is 1.79. The second-order valence-corrected chi connectivity index (χ2v) is 6.97. The van der Waals surface area contributed by atoms with E-state index in [0.717, 1.165) is 22.2 Å². The van der Waals surface area contributed by atoms with Gasteiger partial charge in [-0.3, -0.25) is 10.1 Å². The summed E-state index contributed by atoms with van der Waals surface area (Å²) in [6.45, 7) is 0.456. The Morgan fingerprint density at radius 3 is 2.67 bits per heavy atom. The third kappa shape index (κ3) is 2.61. The minimum Gasteiger partial charge on any atom is -0.487 e. The Morgan fingerprint density at radius 2 is 1.89 bits per heavy atom. The fraction of sp³-hybridized carbons (Fsp3) is 0.190. The summed E-state index contributed by atoms with van der Waals surface area (Å²) < 4.78 is 6.00. The first-order valence-corrected chi connectivity index (χ1v) is 8.86. The molecule has 2 aromatic carbocycles. The number of pyridine rings is 1. The minimum atomic E-state index is -0.836. The molecular weight excluding hydrogens is 342 g/mol. The number of hydrogen-bond donors (Lipinski definition) is 2. The number of hydrogen-bond acceptors (Lipinski definition) is 4. The molecular formula is C21H17N3O3. The molecule has 2 fully saturated rings. The van der Waals surface area contributed by atoms with Crippen molar-refractivity contribution in [1.82, 2.24) is 15.6 Å². The summed E-state index contributed by atoms with van der Waals surface area (Å²) >= 11 is 0. The van der Waals surface area contributed by atoms with E-state index in [0.29, 0.717) is 18.8 Å². The number of fused-ring (bicyclic) bond motifs is 1. The molecule has 6 heteroatoms. The number of carbonyl (C=O) groups is 2. The van der Waals surface area contributed by atoms with E-state index < -0.39 is 11.6 Å². The van der Waals surface area contributed by atoms with Gasteiger partial charge in [-0.2, -0.15) is 0 Å². The minimum absolute atomic E-state index is 0.115. The highest BCUT2D eigenvalue weighted by molar-refractivity contribution is 6.10. The van der Waals surface area contributed by atoms with Crippen molar-refractivity contribution in [3.63, 3.8) is 0 Å². The molecule has 2 N–H and O–H groups in total. The molecule has 2 aliphatic rings. The molecule has 27 heavy (non-hydrogen) atoms. The van der Waals surface area contributed by atoms with E-state index in [1.807, 2.05) is 60.7 Å². The number of para-hydroxylation sites is 1. The molecule has 0 bridgehead atoms. The molecule has 1 aliphatic heterocycles. The second-order valence-electron chi connectivity index (χ2n) is 6.97. The van der Waals surface area contributed by atoms with Gasteiger partial charge >= 0.3 is 6.03 Å². The normalized spacial score (nSPS) is 23.3. The third-order valence-electron chi connectivity index (χ3n) is 5.23. The van der Waals surface area contributed by atoms with E-state index in [1.54, 1.807) is 0 Å². The van der Waals surface area contributed by atoms with Crippen LogP contribution in [0.5, 0.6) is 5.75 Å². The Morgan fingerprint density at radius 1 is 1.04 bits per heavy atom. The van der Waals surface area contributed by atoms with Crippen molar-refractivity contribution in [2.24, 2.45) is 0 Å². The number of carbonyl (C=O) groups excluding carboxylic acids is 2. The molecule has 1 aliphatic carbocycles. The Kier molecular flexibility index (Phi) is 3.40. The van der Waals surface area contributed by atoms with E-state index in [4.69, 9.17) is 9.72 Å². The summed E-state index contributed by atoms with van der Waals surface area (Å²) in [4.78, 5) is 28.4. The first-order chi connectivity index (χ1) is 13.2. The van der Waals surface area contributed by atoms with Gasteiger partial charge in [0.25, 0.3) is 5.91 Å². The highest BCUT2D eigenvalue weighted by Crippen LogP contribution is 2.52. The highest BCUT2D eigenvalue weighted by atomic mass is 16.5. The summed E-state index contributed by atoms with van der Waals surface area (Å²) in [6, 6.07) is 19.2. The lowest BCUT2D eigenvalue weighted by atomic mass is 10.1. The molecule has 1 aromatic heterocycles. The van der Waals surface area contributed by atoms with Crippen LogP contribution in [0.15, 0.2) is 60.7 Å². The number of rotatable bonds is 4. The maximum Gasteiger partial charge on any atom is 0.322 e. The van der Waals surface area contributed by atoms with Crippen molar-refractivity contribution in [3.8, 4) is 5.75 Å². The number of ether oxygens (including phenoxy) is 1. The summed E-state index contributed by atoms with van der Waals surface area (Å²) in [5.74, 6) is 0.316. The Labute approximate surface area is 155 Å². The lowest BCUT2D eigenvalue weighted by Crippen LogP contribution is -2.33. The predicted molar refractivity (Wildman–Crippen MR) is 99.3 cm³/mol. The van der Waals surface area contributed by atoms with Crippen LogP contribution in [0.25, 0.3) is 10.9 Å². The van der Waals surface area contributed by atoms with Gasteiger partial charge < -0.3 is 10.1 Å². The van der Waals surface area contributed by atoms with Gasteiger partial charge in [0.2, 0.25) is 0 Å². The van der Waals surface area contributed by atoms with Crippen molar-refractivity contribution in [2.75, 3.05) is 0 Å². The van der Waals surface area contributed by atoms with Crippen LogP contribution in [-0.4, -0.2) is 22.5 Å². The summed E-state index contributed by atoms with van der Waals surface area (Å²) in [6.07, 6.45) is 0.566. The van der Waals surface area contributed by atoms with Gasteiger partial charge in [-0.1, -0.05) is 48.5 Å². The largest absolute Gasteiger partial charge is 0.487 e. The number of aromatic nitrogens is 1. The van der Waals surface area contributed by atoms with E-state index in [-0.39, 0.29) is 11.8 Å². The molecule has 6 nitrogen and oxygen atoms in total. The number of benzene rings is 2. The molecule has 1 saturated carbocycles. The highest BCUT2D eigenvalue weighted by Gasteiger charge is 2.65. The fourth-order valence-corrected chi connectivity index (χ4v) is 3.70. The third-order valence-corrected chi connectivity index (χ3v) is 5.23. The van der Waals surface area contributed by atoms with Crippen molar-refractivity contribution in [1.29, 1.82) is 0 Å². The number of urea groups is 1. The van der Waals surface area contributed by atoms with Crippen molar-refractivity contribution in [2.45, 2.75) is 24.5 Å². The smallest absolute Gasteiger partial charge is 0.322 e. The van der Waals surface area contributed by atoms with Crippen LogP contribution in [0.4, 0.5) is 4.79 Å². The number of nitrogens with one attached hydrogen (secondary N) is 2. The lowest BCUT2D eigenvalue weighted by Gasteiger charge is -2.11. The monoisotopic (exact) mass is 359 g/mol. The quantitative estimate of drug-likeness (QED) is 0.702. The van der Waals surface area contributed by atoms with Gasteiger partial charge in [0.1, 0.15) is 23.4 Å². The van der Waals surface area contributed by atoms with E-state index in [2.05, 4.69) is 10.6 Å². The summed E-state index contributed by atoms with van der Waals surface area (Å²) in [7, 11) is 0. The molecule has 3 aromatic rings. The van der Waals surface area contributed by atoms with E-state index >= 15 is 0 Å². The summed E-state index contributed by atoms with van der Waals surface area (Å²) in [5, 5.41) is 6.03. The van der Waals surface area contributed by atoms with Crippen LogP contribution < -0.4 is 15.4 Å². The topological polar surface area (TPSA) is 80.3 Å². The maximum absolute atomic E-state index is 12.1. The first-order valence-electron chi connectivity index (χ1n) is 8.86. The average Bonchev–Trinajstić information content (AvgIpc) is 3.34. The molecule has 2 heterocycles. The van der Waals surface area contributed by atoms with Crippen LogP contribution in [-0.2, 0) is 11.4 Å². The van der Waals surface area contributed by atoms with Crippen molar-refractivity contribution in [3.05, 3.63) is 71.9 Å². The fourth-order valence-electron chi connectivity index (χ4n) is 3.70. The van der Waals surface area contributed by atoms with Crippen LogP contribution in [0.2, 0.25) is 0 Å². The van der Waals surface area contributed by atoms with Gasteiger partial charge in [-0.15, -0.1) is 0 Å². The number of nitrogens with zero attached hydrogens (tertiary/aromatic N) is 1. The Hall–Kier alpha value is -3.41. The van der Waals surface area contributed by atoms with Gasteiger partial charge in [-0.05, 0) is 24.1 Å². The van der Waals surface area contributed by atoms with E-state index in [1.165, 1.54) is 0 Å². The maximum atomic E-state index is 12.1. The molecule has 2 atom stereocenters. The molecule has 3 amide bonds. The van der Waals surface area contributed by atoms with Crippen LogP contribution >= 0.6 is 0 Å². The molecule has 134 valence electrons. The number of amides is 3.